The Morgan fingerprint density at radius 3 is 2.59 bits per heavy atom. The average molecular weight is 561 g/mol. The summed E-state index contributed by atoms with van der Waals surface area (Å²) in [6.07, 6.45) is 3.65. The molecule has 1 amide bonds. The van der Waals surface area contributed by atoms with Crippen LogP contribution in [-0.2, 0) is 13.2 Å². The lowest BCUT2D eigenvalue weighted by atomic mass is 10.1. The number of ether oxygens (including phenoxy) is 2. The van der Waals surface area contributed by atoms with Crippen molar-refractivity contribution in [3.05, 3.63) is 104 Å². The molecule has 0 spiro atoms. The van der Waals surface area contributed by atoms with E-state index in [-0.39, 0.29) is 12.5 Å². The van der Waals surface area contributed by atoms with E-state index in [9.17, 15) is 4.79 Å². The van der Waals surface area contributed by atoms with Crippen LogP contribution >= 0.6 is 39.1 Å². The lowest BCUT2D eigenvalue weighted by Crippen LogP contribution is -2.13. The molecule has 174 valence electrons. The number of aromatic nitrogens is 2. The number of methoxy groups -OCH3 is 1. The first kappa shape index (κ1) is 24.1. The number of rotatable bonds is 8. The van der Waals surface area contributed by atoms with Crippen LogP contribution in [0.4, 0.5) is 5.69 Å². The summed E-state index contributed by atoms with van der Waals surface area (Å²) in [6.45, 7) is 0.793. The Hall–Kier alpha value is -3.00. The fourth-order valence-corrected chi connectivity index (χ4v) is 3.97. The van der Waals surface area contributed by atoms with Gasteiger partial charge in [-0.15, -0.1) is 0 Å². The number of carbonyl (C=O) groups excluding carboxylic acids is 1. The molecule has 4 aromatic rings. The van der Waals surface area contributed by atoms with E-state index in [1.807, 2.05) is 35.1 Å². The molecule has 6 nitrogen and oxygen atoms in total. The molecule has 0 bridgehead atoms. The molecule has 0 radical (unpaired) electrons. The minimum Gasteiger partial charge on any atom is -0.496 e. The van der Waals surface area contributed by atoms with Crippen molar-refractivity contribution in [3.63, 3.8) is 0 Å². The Morgan fingerprint density at radius 1 is 1.09 bits per heavy atom. The first-order valence-electron chi connectivity index (χ1n) is 10.2. The number of benzene rings is 3. The predicted molar refractivity (Wildman–Crippen MR) is 137 cm³/mol. The molecule has 1 aromatic heterocycles. The average Bonchev–Trinajstić information content (AvgIpc) is 3.25. The number of hydrogen-bond acceptors (Lipinski definition) is 4. The first-order chi connectivity index (χ1) is 16.4. The molecule has 1 heterocycles. The van der Waals surface area contributed by atoms with Gasteiger partial charge in [-0.1, -0.05) is 41.4 Å². The summed E-state index contributed by atoms with van der Waals surface area (Å²) in [5.74, 6) is 0.811. The quantitative estimate of drug-likeness (QED) is 0.256. The summed E-state index contributed by atoms with van der Waals surface area (Å²) in [5.41, 5.74) is 2.93. The topological polar surface area (TPSA) is 65.4 Å². The summed E-state index contributed by atoms with van der Waals surface area (Å²) in [7, 11) is 1.56. The second-order valence-electron chi connectivity index (χ2n) is 7.37. The zero-order valence-corrected chi connectivity index (χ0v) is 21.2. The van der Waals surface area contributed by atoms with Gasteiger partial charge < -0.3 is 14.8 Å². The standard InChI is InChI=1S/C25H20BrCl2N3O3/c1-33-22-10-7-17(11-18(22)15-34-23-4-2-3-21(27)24(23)28)25(32)30-20-8-5-16(6-9-20)13-31-14-19(26)12-29-31/h2-12,14H,13,15H2,1H3,(H,30,32). The number of anilines is 1. The predicted octanol–water partition coefficient (Wildman–Crippen LogP) is 6.84. The van der Waals surface area contributed by atoms with Gasteiger partial charge in [0.2, 0.25) is 0 Å². The van der Waals surface area contributed by atoms with Gasteiger partial charge in [-0.3, -0.25) is 9.48 Å². The molecule has 0 saturated carbocycles. The largest absolute Gasteiger partial charge is 0.496 e. The number of nitrogens with one attached hydrogen (secondary N) is 1. The fourth-order valence-electron chi connectivity index (χ4n) is 3.29. The minimum absolute atomic E-state index is 0.155. The summed E-state index contributed by atoms with van der Waals surface area (Å²) in [5, 5.41) is 7.91. The van der Waals surface area contributed by atoms with Crippen molar-refractivity contribution in [2.24, 2.45) is 0 Å². The monoisotopic (exact) mass is 559 g/mol. The Bertz CT molecular complexity index is 1310. The first-order valence-corrected chi connectivity index (χ1v) is 11.8. The number of carbonyl (C=O) groups is 1. The zero-order chi connectivity index (χ0) is 24.1. The van der Waals surface area contributed by atoms with Gasteiger partial charge in [-0.2, -0.15) is 5.10 Å². The molecule has 3 aromatic carbocycles. The van der Waals surface area contributed by atoms with Gasteiger partial charge in [0.1, 0.15) is 23.1 Å². The Morgan fingerprint density at radius 2 is 1.88 bits per heavy atom. The fraction of sp³-hybridized carbons (Fsp3) is 0.120. The summed E-state index contributed by atoms with van der Waals surface area (Å²) in [4.78, 5) is 12.9. The molecule has 4 rings (SSSR count). The van der Waals surface area contributed by atoms with Crippen LogP contribution in [0.3, 0.4) is 0 Å². The maximum atomic E-state index is 12.9. The molecular weight excluding hydrogens is 541 g/mol. The van der Waals surface area contributed by atoms with Crippen molar-refractivity contribution < 1.29 is 14.3 Å². The summed E-state index contributed by atoms with van der Waals surface area (Å²) < 4.78 is 14.0. The summed E-state index contributed by atoms with van der Waals surface area (Å²) >= 11 is 15.6. The number of amides is 1. The van der Waals surface area contributed by atoms with Gasteiger partial charge in [0, 0.05) is 23.0 Å². The highest BCUT2D eigenvalue weighted by atomic mass is 79.9. The van der Waals surface area contributed by atoms with Gasteiger partial charge in [0.05, 0.1) is 29.3 Å². The van der Waals surface area contributed by atoms with E-state index >= 15 is 0 Å². The van der Waals surface area contributed by atoms with Crippen molar-refractivity contribution in [1.29, 1.82) is 0 Å². The highest BCUT2D eigenvalue weighted by molar-refractivity contribution is 9.10. The molecular formula is C25H20BrCl2N3O3. The van der Waals surface area contributed by atoms with Crippen molar-refractivity contribution in [2.45, 2.75) is 13.2 Å². The van der Waals surface area contributed by atoms with Crippen molar-refractivity contribution in [2.75, 3.05) is 12.4 Å². The van der Waals surface area contributed by atoms with Crippen LogP contribution in [0.1, 0.15) is 21.5 Å². The lowest BCUT2D eigenvalue weighted by molar-refractivity contribution is 0.102. The second-order valence-corrected chi connectivity index (χ2v) is 9.08. The van der Waals surface area contributed by atoms with E-state index in [2.05, 4.69) is 26.3 Å². The van der Waals surface area contributed by atoms with Crippen LogP contribution in [0, 0.1) is 0 Å². The molecule has 0 aliphatic rings. The maximum Gasteiger partial charge on any atom is 0.255 e. The van der Waals surface area contributed by atoms with Gasteiger partial charge in [-0.25, -0.2) is 0 Å². The Kier molecular flexibility index (Phi) is 7.77. The second kappa shape index (κ2) is 11.0. The highest BCUT2D eigenvalue weighted by Crippen LogP contribution is 2.32. The normalized spacial score (nSPS) is 10.7. The summed E-state index contributed by atoms with van der Waals surface area (Å²) in [6, 6.07) is 18.0. The molecule has 9 heteroatoms. The third kappa shape index (κ3) is 5.91. The van der Waals surface area contributed by atoms with E-state index in [1.165, 1.54) is 0 Å². The Labute approximate surface area is 215 Å². The van der Waals surface area contributed by atoms with Crippen LogP contribution in [0.5, 0.6) is 11.5 Å². The van der Waals surface area contributed by atoms with Gasteiger partial charge in [0.25, 0.3) is 5.91 Å². The van der Waals surface area contributed by atoms with E-state index in [0.717, 1.165) is 10.0 Å². The lowest BCUT2D eigenvalue weighted by Gasteiger charge is -2.13. The molecule has 1 N–H and O–H groups in total. The van der Waals surface area contributed by atoms with Gasteiger partial charge in [0.15, 0.2) is 0 Å². The van der Waals surface area contributed by atoms with Crippen LogP contribution in [0.15, 0.2) is 77.5 Å². The van der Waals surface area contributed by atoms with E-state index < -0.39 is 0 Å². The molecule has 0 aliphatic heterocycles. The highest BCUT2D eigenvalue weighted by Gasteiger charge is 2.13. The molecule has 0 saturated heterocycles. The van der Waals surface area contributed by atoms with E-state index in [0.29, 0.717) is 44.9 Å². The van der Waals surface area contributed by atoms with Gasteiger partial charge in [-0.05, 0) is 64.0 Å². The van der Waals surface area contributed by atoms with E-state index in [1.54, 1.807) is 49.7 Å². The molecule has 0 aliphatic carbocycles. The molecule has 34 heavy (non-hydrogen) atoms. The van der Waals surface area contributed by atoms with Crippen LogP contribution in [0.25, 0.3) is 0 Å². The van der Waals surface area contributed by atoms with Crippen LogP contribution in [0.2, 0.25) is 10.0 Å². The van der Waals surface area contributed by atoms with Gasteiger partial charge >= 0.3 is 0 Å². The third-order valence-corrected chi connectivity index (χ3v) is 6.21. The molecule has 0 atom stereocenters. The molecule has 0 fully saturated rings. The van der Waals surface area contributed by atoms with Crippen molar-refractivity contribution >= 4 is 50.7 Å². The zero-order valence-electron chi connectivity index (χ0n) is 18.1. The van der Waals surface area contributed by atoms with Crippen LogP contribution < -0.4 is 14.8 Å². The SMILES string of the molecule is COc1ccc(C(=O)Nc2ccc(Cn3cc(Br)cn3)cc2)cc1COc1cccc(Cl)c1Cl. The Balaban J connectivity index is 1.44. The molecule has 0 unspecified atom stereocenters. The number of hydrogen-bond donors (Lipinski definition) is 1. The smallest absolute Gasteiger partial charge is 0.255 e. The minimum atomic E-state index is -0.242. The van der Waals surface area contributed by atoms with Crippen molar-refractivity contribution in [3.8, 4) is 11.5 Å². The maximum absolute atomic E-state index is 12.9. The number of nitrogens with zero attached hydrogens (tertiary/aromatic N) is 2. The number of halogens is 3. The van der Waals surface area contributed by atoms with E-state index in [4.69, 9.17) is 32.7 Å². The van der Waals surface area contributed by atoms with Crippen molar-refractivity contribution in [1.82, 2.24) is 9.78 Å². The third-order valence-electron chi connectivity index (χ3n) is 5.00. The van der Waals surface area contributed by atoms with Crippen LogP contribution in [-0.4, -0.2) is 22.8 Å².